The minimum absolute atomic E-state index is 0.113. The van der Waals surface area contributed by atoms with E-state index in [1.54, 1.807) is 42.5 Å². The van der Waals surface area contributed by atoms with Crippen LogP contribution in [-0.2, 0) is 0 Å². The van der Waals surface area contributed by atoms with E-state index in [0.29, 0.717) is 32.9 Å². The van der Waals surface area contributed by atoms with E-state index in [4.69, 9.17) is 17.1 Å². The van der Waals surface area contributed by atoms with E-state index in [1.165, 1.54) is 6.07 Å². The highest BCUT2D eigenvalue weighted by Crippen LogP contribution is 2.28. The van der Waals surface area contributed by atoms with Crippen molar-refractivity contribution in [2.45, 2.75) is 0 Å². The van der Waals surface area contributed by atoms with Crippen LogP contribution >= 0.6 is 11.6 Å². The second-order valence-corrected chi connectivity index (χ2v) is 5.20. The van der Waals surface area contributed by atoms with Crippen LogP contribution in [0, 0.1) is 0 Å². The van der Waals surface area contributed by atoms with Crippen molar-refractivity contribution < 1.29 is 9.90 Å². The number of nitrogens with zero attached hydrogens (tertiary/aromatic N) is 4. The number of hydrogen-bond donors (Lipinski definition) is 1. The number of fused-ring (bicyclic) bond motifs is 1. The van der Waals surface area contributed by atoms with Crippen LogP contribution in [0.25, 0.3) is 32.6 Å². The van der Waals surface area contributed by atoms with Crippen LogP contribution in [0.2, 0.25) is 5.02 Å². The van der Waals surface area contributed by atoms with Crippen LogP contribution in [0.15, 0.2) is 53.6 Å². The second-order valence-electron chi connectivity index (χ2n) is 4.76. The van der Waals surface area contributed by atoms with Crippen LogP contribution in [0.5, 0.6) is 0 Å². The van der Waals surface area contributed by atoms with E-state index in [2.05, 4.69) is 15.0 Å². The van der Waals surface area contributed by atoms with E-state index in [0.717, 1.165) is 0 Å². The fourth-order valence-electron chi connectivity index (χ4n) is 2.30. The first-order valence-electron chi connectivity index (χ1n) is 6.57. The minimum Gasteiger partial charge on any atom is -0.478 e. The minimum atomic E-state index is -1.06. The molecule has 0 unspecified atom stereocenters. The molecule has 7 heteroatoms. The van der Waals surface area contributed by atoms with Gasteiger partial charge in [-0.15, -0.1) is 0 Å². The normalized spacial score (nSPS) is 10.3. The van der Waals surface area contributed by atoms with Crippen LogP contribution in [0.1, 0.15) is 10.4 Å². The molecule has 0 bridgehead atoms. The largest absolute Gasteiger partial charge is 0.478 e. The van der Waals surface area contributed by atoms with Gasteiger partial charge in [-0.3, -0.25) is 0 Å². The maximum absolute atomic E-state index is 11.5. The van der Waals surface area contributed by atoms with Gasteiger partial charge in [-0.2, -0.15) is 0 Å². The Morgan fingerprint density at radius 3 is 2.78 bits per heavy atom. The summed E-state index contributed by atoms with van der Waals surface area (Å²) in [6.07, 6.45) is 0. The van der Waals surface area contributed by atoms with Crippen molar-refractivity contribution in [1.82, 2.24) is 4.98 Å². The number of azide groups is 1. The van der Waals surface area contributed by atoms with Crippen LogP contribution in [0.4, 0.5) is 5.69 Å². The van der Waals surface area contributed by atoms with E-state index in [1.807, 2.05) is 0 Å². The van der Waals surface area contributed by atoms with Gasteiger partial charge in [0.05, 0.1) is 16.8 Å². The molecule has 0 amide bonds. The predicted molar refractivity (Wildman–Crippen MR) is 88.0 cm³/mol. The van der Waals surface area contributed by atoms with E-state index in [-0.39, 0.29) is 5.56 Å². The maximum atomic E-state index is 11.5. The Labute approximate surface area is 135 Å². The summed E-state index contributed by atoms with van der Waals surface area (Å²) in [4.78, 5) is 18.8. The highest BCUT2D eigenvalue weighted by molar-refractivity contribution is 6.31. The number of halogens is 1. The molecule has 3 rings (SSSR count). The predicted octanol–water partition coefficient (Wildman–Crippen LogP) is 5.20. The summed E-state index contributed by atoms with van der Waals surface area (Å²) < 4.78 is 0. The fourth-order valence-corrected chi connectivity index (χ4v) is 2.47. The smallest absolute Gasteiger partial charge is 0.336 e. The van der Waals surface area contributed by atoms with Crippen LogP contribution in [0.3, 0.4) is 0 Å². The first kappa shape index (κ1) is 14.8. The topological polar surface area (TPSA) is 99.0 Å². The van der Waals surface area contributed by atoms with Gasteiger partial charge in [0, 0.05) is 26.6 Å². The van der Waals surface area contributed by atoms with Crippen LogP contribution < -0.4 is 0 Å². The number of pyridine rings is 1. The Morgan fingerprint density at radius 2 is 2.04 bits per heavy atom. The second kappa shape index (κ2) is 5.96. The average molecular weight is 325 g/mol. The summed E-state index contributed by atoms with van der Waals surface area (Å²) in [5.41, 5.74) is 10.7. The number of aromatic carboxylic acids is 1. The van der Waals surface area contributed by atoms with Crippen molar-refractivity contribution in [1.29, 1.82) is 0 Å². The van der Waals surface area contributed by atoms with Crippen molar-refractivity contribution in [3.8, 4) is 11.3 Å². The summed E-state index contributed by atoms with van der Waals surface area (Å²) in [5.74, 6) is -1.06. The molecule has 1 heterocycles. The third-order valence-corrected chi connectivity index (χ3v) is 3.54. The van der Waals surface area contributed by atoms with E-state index >= 15 is 0 Å². The molecule has 2 aromatic carbocycles. The number of hydrogen-bond acceptors (Lipinski definition) is 3. The Kier molecular flexibility index (Phi) is 3.85. The molecule has 0 aliphatic heterocycles. The lowest BCUT2D eigenvalue weighted by Gasteiger charge is -2.08. The SMILES string of the molecule is [N-]=[N+]=Nc1cccc(-c2cc(C(=O)O)c3cc(Cl)ccc3n2)c1. The number of benzene rings is 2. The van der Waals surface area contributed by atoms with Crippen molar-refractivity contribution in [3.05, 3.63) is 69.6 Å². The van der Waals surface area contributed by atoms with Gasteiger partial charge in [0.15, 0.2) is 0 Å². The number of aromatic nitrogens is 1. The molecule has 23 heavy (non-hydrogen) atoms. The summed E-state index contributed by atoms with van der Waals surface area (Å²) in [5, 5.41) is 13.9. The zero-order valence-corrected chi connectivity index (χ0v) is 12.4. The Morgan fingerprint density at radius 1 is 1.22 bits per heavy atom. The zero-order chi connectivity index (χ0) is 16.4. The highest BCUT2D eigenvalue weighted by atomic mass is 35.5. The first-order valence-corrected chi connectivity index (χ1v) is 6.95. The molecule has 0 saturated heterocycles. The summed E-state index contributed by atoms with van der Waals surface area (Å²) in [6, 6.07) is 13.2. The Balaban J connectivity index is 2.26. The van der Waals surface area contributed by atoms with Gasteiger partial charge in [-0.25, -0.2) is 9.78 Å². The monoisotopic (exact) mass is 324 g/mol. The van der Waals surface area contributed by atoms with E-state index in [9.17, 15) is 9.90 Å². The molecule has 1 N–H and O–H groups in total. The Hall–Kier alpha value is -3.08. The molecular weight excluding hydrogens is 316 g/mol. The highest BCUT2D eigenvalue weighted by Gasteiger charge is 2.13. The molecule has 6 nitrogen and oxygen atoms in total. The lowest BCUT2D eigenvalue weighted by atomic mass is 10.0. The molecule has 112 valence electrons. The maximum Gasteiger partial charge on any atom is 0.336 e. The summed E-state index contributed by atoms with van der Waals surface area (Å²) >= 11 is 5.94. The fraction of sp³-hybridized carbons (Fsp3) is 0. The molecule has 0 spiro atoms. The molecule has 0 radical (unpaired) electrons. The molecule has 3 aromatic rings. The molecule has 1 aromatic heterocycles. The Bertz CT molecular complexity index is 981. The van der Waals surface area contributed by atoms with Gasteiger partial charge in [-0.1, -0.05) is 34.9 Å². The molecule has 0 atom stereocenters. The van der Waals surface area contributed by atoms with Crippen molar-refractivity contribution >= 4 is 34.2 Å². The zero-order valence-electron chi connectivity index (χ0n) is 11.6. The number of carbonyl (C=O) groups is 1. The molecule has 0 aliphatic rings. The van der Waals surface area contributed by atoms with Gasteiger partial charge in [0.25, 0.3) is 0 Å². The lowest BCUT2D eigenvalue weighted by Crippen LogP contribution is -2.00. The molecule has 0 saturated carbocycles. The molecule has 0 fully saturated rings. The lowest BCUT2D eigenvalue weighted by molar-refractivity contribution is 0.0699. The van der Waals surface area contributed by atoms with Gasteiger partial charge in [0.2, 0.25) is 0 Å². The summed E-state index contributed by atoms with van der Waals surface area (Å²) in [7, 11) is 0. The molecular formula is C16H9ClN4O2. The first-order chi connectivity index (χ1) is 11.1. The third-order valence-electron chi connectivity index (χ3n) is 3.30. The van der Waals surface area contributed by atoms with Crippen LogP contribution in [-0.4, -0.2) is 16.1 Å². The van der Waals surface area contributed by atoms with Gasteiger partial charge in [-0.05, 0) is 35.9 Å². The van der Waals surface area contributed by atoms with Gasteiger partial charge >= 0.3 is 5.97 Å². The summed E-state index contributed by atoms with van der Waals surface area (Å²) in [6.45, 7) is 0. The third kappa shape index (κ3) is 2.94. The van der Waals surface area contributed by atoms with Crippen molar-refractivity contribution in [2.24, 2.45) is 5.11 Å². The number of rotatable bonds is 3. The standard InChI is InChI=1S/C16H9ClN4O2/c17-10-4-5-14-12(7-10)13(16(22)23)8-15(19-14)9-2-1-3-11(6-9)20-21-18/h1-8H,(H,22,23). The van der Waals surface area contributed by atoms with E-state index < -0.39 is 5.97 Å². The number of carboxylic acid groups (broad SMARTS) is 1. The average Bonchev–Trinajstić information content (AvgIpc) is 2.54. The molecule has 0 aliphatic carbocycles. The van der Waals surface area contributed by atoms with Gasteiger partial charge in [0.1, 0.15) is 0 Å². The van der Waals surface area contributed by atoms with Crippen molar-refractivity contribution in [2.75, 3.05) is 0 Å². The van der Waals surface area contributed by atoms with Crippen molar-refractivity contribution in [3.63, 3.8) is 0 Å². The van der Waals surface area contributed by atoms with Gasteiger partial charge < -0.3 is 5.11 Å². The number of carboxylic acids is 1. The quantitative estimate of drug-likeness (QED) is 0.407.